The van der Waals surface area contributed by atoms with Gasteiger partial charge >= 0.3 is 6.03 Å². The Morgan fingerprint density at radius 2 is 2.08 bits per heavy atom. The van der Waals surface area contributed by atoms with Crippen LogP contribution >= 0.6 is 0 Å². The summed E-state index contributed by atoms with van der Waals surface area (Å²) in [5, 5.41) is 2.96. The van der Waals surface area contributed by atoms with E-state index in [1.165, 1.54) is 0 Å². The molecule has 1 aliphatic rings. The molecule has 0 saturated carbocycles. The molecule has 0 spiro atoms. The van der Waals surface area contributed by atoms with E-state index in [-0.39, 0.29) is 12.1 Å². The largest absolute Gasteiger partial charge is 0.493 e. The Balaban J connectivity index is 1.70. The molecule has 2 heterocycles. The van der Waals surface area contributed by atoms with Crippen molar-refractivity contribution in [1.29, 1.82) is 0 Å². The van der Waals surface area contributed by atoms with Crippen LogP contribution in [0.1, 0.15) is 30.1 Å². The van der Waals surface area contributed by atoms with Crippen molar-refractivity contribution in [3.63, 3.8) is 0 Å². The molecule has 1 aromatic heterocycles. The number of urea groups is 1. The molecule has 3 rings (SSSR count). The van der Waals surface area contributed by atoms with Gasteiger partial charge in [-0.15, -0.1) is 0 Å². The van der Waals surface area contributed by atoms with Crippen LogP contribution in [0.5, 0.6) is 11.5 Å². The zero-order valence-electron chi connectivity index (χ0n) is 14.6. The van der Waals surface area contributed by atoms with Gasteiger partial charge in [-0.1, -0.05) is 12.1 Å². The average molecular weight is 341 g/mol. The van der Waals surface area contributed by atoms with Gasteiger partial charge < -0.3 is 19.7 Å². The summed E-state index contributed by atoms with van der Waals surface area (Å²) in [6.45, 7) is 1.17. The molecule has 0 aliphatic carbocycles. The predicted octanol–water partition coefficient (Wildman–Crippen LogP) is 3.15. The van der Waals surface area contributed by atoms with Crippen LogP contribution in [0.4, 0.5) is 4.79 Å². The fourth-order valence-corrected chi connectivity index (χ4v) is 3.19. The molecule has 6 nitrogen and oxygen atoms in total. The first-order valence-electron chi connectivity index (χ1n) is 8.39. The second-order valence-corrected chi connectivity index (χ2v) is 5.95. The van der Waals surface area contributed by atoms with Crippen molar-refractivity contribution in [1.82, 2.24) is 15.2 Å². The van der Waals surface area contributed by atoms with Gasteiger partial charge in [-0.3, -0.25) is 4.98 Å². The van der Waals surface area contributed by atoms with E-state index in [0.717, 1.165) is 30.6 Å². The highest BCUT2D eigenvalue weighted by Gasteiger charge is 2.30. The van der Waals surface area contributed by atoms with Crippen molar-refractivity contribution < 1.29 is 14.3 Å². The molecule has 2 amide bonds. The number of methoxy groups -OCH3 is 2. The van der Waals surface area contributed by atoms with Crippen LogP contribution in [-0.4, -0.2) is 36.7 Å². The lowest BCUT2D eigenvalue weighted by molar-refractivity contribution is 0.192. The fraction of sp³-hybridized carbons (Fsp3) is 0.368. The van der Waals surface area contributed by atoms with Gasteiger partial charge in [0.1, 0.15) is 0 Å². The van der Waals surface area contributed by atoms with E-state index in [2.05, 4.69) is 10.3 Å². The Kier molecular flexibility index (Phi) is 5.38. The number of rotatable bonds is 5. The number of ether oxygens (including phenoxy) is 2. The van der Waals surface area contributed by atoms with Crippen LogP contribution in [0, 0.1) is 0 Å². The van der Waals surface area contributed by atoms with Crippen LogP contribution in [0.15, 0.2) is 42.6 Å². The number of likely N-dealkylation sites (tertiary alicyclic amines) is 1. The van der Waals surface area contributed by atoms with Crippen molar-refractivity contribution in [2.24, 2.45) is 0 Å². The number of pyridine rings is 1. The van der Waals surface area contributed by atoms with Gasteiger partial charge in [0.2, 0.25) is 0 Å². The topological polar surface area (TPSA) is 63.7 Å². The van der Waals surface area contributed by atoms with E-state index in [1.807, 2.05) is 41.3 Å². The Labute approximate surface area is 147 Å². The smallest absolute Gasteiger partial charge is 0.318 e. The van der Waals surface area contributed by atoms with Crippen molar-refractivity contribution in [3.05, 3.63) is 53.9 Å². The number of carbonyl (C=O) groups excluding carboxylic acids is 1. The monoisotopic (exact) mass is 341 g/mol. The Bertz CT molecular complexity index is 721. The second kappa shape index (κ2) is 7.88. The van der Waals surface area contributed by atoms with Crippen molar-refractivity contribution >= 4 is 6.03 Å². The van der Waals surface area contributed by atoms with Gasteiger partial charge in [-0.05, 0) is 42.7 Å². The molecule has 1 aliphatic heterocycles. The Morgan fingerprint density at radius 3 is 2.80 bits per heavy atom. The van der Waals surface area contributed by atoms with E-state index in [0.29, 0.717) is 18.0 Å². The maximum absolute atomic E-state index is 12.6. The van der Waals surface area contributed by atoms with E-state index in [9.17, 15) is 4.79 Å². The molecule has 6 heteroatoms. The average Bonchev–Trinajstić information content (AvgIpc) is 3.16. The van der Waals surface area contributed by atoms with E-state index >= 15 is 0 Å². The Morgan fingerprint density at radius 1 is 1.24 bits per heavy atom. The maximum Gasteiger partial charge on any atom is 0.318 e. The minimum Gasteiger partial charge on any atom is -0.493 e. The number of hydrogen-bond donors (Lipinski definition) is 1. The van der Waals surface area contributed by atoms with Crippen molar-refractivity contribution in [2.45, 2.75) is 25.4 Å². The quantitative estimate of drug-likeness (QED) is 0.907. The fourth-order valence-electron chi connectivity index (χ4n) is 3.19. The third kappa shape index (κ3) is 3.84. The summed E-state index contributed by atoms with van der Waals surface area (Å²) in [4.78, 5) is 18.7. The molecule has 0 bridgehead atoms. The SMILES string of the molecule is COc1ccc(C2CCCN2C(=O)NCc2ccccn2)cc1OC. The first kappa shape index (κ1) is 17.1. The number of hydrogen-bond acceptors (Lipinski definition) is 4. The number of carbonyl (C=O) groups is 1. The third-order valence-electron chi connectivity index (χ3n) is 4.45. The van der Waals surface area contributed by atoms with Gasteiger partial charge in [0, 0.05) is 12.7 Å². The lowest BCUT2D eigenvalue weighted by Gasteiger charge is -2.26. The molecule has 0 radical (unpaired) electrons. The van der Waals surface area contributed by atoms with Crippen LogP contribution < -0.4 is 14.8 Å². The maximum atomic E-state index is 12.6. The first-order chi connectivity index (χ1) is 12.2. The molecule has 1 atom stereocenters. The summed E-state index contributed by atoms with van der Waals surface area (Å²) in [6, 6.07) is 11.5. The van der Waals surface area contributed by atoms with Crippen LogP contribution in [0.25, 0.3) is 0 Å². The van der Waals surface area contributed by atoms with E-state index in [4.69, 9.17) is 9.47 Å². The highest BCUT2D eigenvalue weighted by atomic mass is 16.5. The molecule has 132 valence electrons. The van der Waals surface area contributed by atoms with E-state index in [1.54, 1.807) is 20.4 Å². The number of aromatic nitrogens is 1. The van der Waals surface area contributed by atoms with Gasteiger partial charge in [-0.2, -0.15) is 0 Å². The van der Waals surface area contributed by atoms with Crippen LogP contribution in [0.2, 0.25) is 0 Å². The molecule has 1 unspecified atom stereocenters. The minimum absolute atomic E-state index is 0.0449. The minimum atomic E-state index is -0.0667. The van der Waals surface area contributed by atoms with Gasteiger partial charge in [0.05, 0.1) is 32.5 Å². The van der Waals surface area contributed by atoms with Gasteiger partial charge in [0.15, 0.2) is 11.5 Å². The number of nitrogens with one attached hydrogen (secondary N) is 1. The van der Waals surface area contributed by atoms with Crippen molar-refractivity contribution in [3.8, 4) is 11.5 Å². The summed E-state index contributed by atoms with van der Waals surface area (Å²) in [7, 11) is 3.23. The Hall–Kier alpha value is -2.76. The van der Waals surface area contributed by atoms with E-state index < -0.39 is 0 Å². The summed E-state index contributed by atoms with van der Waals surface area (Å²) in [5.74, 6) is 1.37. The van der Waals surface area contributed by atoms with Crippen LogP contribution in [0.3, 0.4) is 0 Å². The highest BCUT2D eigenvalue weighted by Crippen LogP contribution is 2.36. The highest BCUT2D eigenvalue weighted by molar-refractivity contribution is 5.75. The number of nitrogens with zero attached hydrogens (tertiary/aromatic N) is 2. The summed E-state index contributed by atoms with van der Waals surface area (Å²) in [6.07, 6.45) is 3.65. The summed E-state index contributed by atoms with van der Waals surface area (Å²) in [5.41, 5.74) is 1.90. The number of amides is 2. The normalized spacial score (nSPS) is 16.6. The van der Waals surface area contributed by atoms with Crippen molar-refractivity contribution in [2.75, 3.05) is 20.8 Å². The zero-order valence-corrected chi connectivity index (χ0v) is 14.6. The molecule has 1 fully saturated rings. The lowest BCUT2D eigenvalue weighted by atomic mass is 10.0. The molecule has 1 N–H and O–H groups in total. The van der Waals surface area contributed by atoms with Gasteiger partial charge in [0.25, 0.3) is 0 Å². The third-order valence-corrected chi connectivity index (χ3v) is 4.45. The molecule has 1 saturated heterocycles. The molecule has 25 heavy (non-hydrogen) atoms. The second-order valence-electron chi connectivity index (χ2n) is 5.95. The first-order valence-corrected chi connectivity index (χ1v) is 8.39. The zero-order chi connectivity index (χ0) is 17.6. The molecule has 1 aromatic carbocycles. The van der Waals surface area contributed by atoms with Gasteiger partial charge in [-0.25, -0.2) is 4.79 Å². The predicted molar refractivity (Wildman–Crippen MR) is 94.7 cm³/mol. The lowest BCUT2D eigenvalue weighted by Crippen LogP contribution is -2.39. The molecular weight excluding hydrogens is 318 g/mol. The summed E-state index contributed by atoms with van der Waals surface area (Å²) < 4.78 is 10.7. The standard InChI is InChI=1S/C19H23N3O3/c1-24-17-9-8-14(12-18(17)25-2)16-7-5-11-22(16)19(23)21-13-15-6-3-4-10-20-15/h3-4,6,8-10,12,16H,5,7,11,13H2,1-2H3,(H,21,23). The van der Waals surface area contributed by atoms with Crippen LogP contribution in [-0.2, 0) is 6.54 Å². The molecular formula is C19H23N3O3. The molecule has 2 aromatic rings. The number of benzene rings is 1. The summed E-state index contributed by atoms with van der Waals surface area (Å²) >= 11 is 0.